The second-order valence-electron chi connectivity index (χ2n) is 4.78. The predicted octanol–water partition coefficient (Wildman–Crippen LogP) is 3.15. The molecule has 2 N–H and O–H groups in total. The van der Waals surface area contributed by atoms with E-state index in [1.807, 2.05) is 11.6 Å². The number of aliphatic hydroxyl groups is 1. The first-order valence-electron chi connectivity index (χ1n) is 6.71. The maximum absolute atomic E-state index is 12.9. The Labute approximate surface area is 132 Å². The van der Waals surface area contributed by atoms with Gasteiger partial charge in [0, 0.05) is 28.8 Å². The van der Waals surface area contributed by atoms with Crippen LogP contribution in [-0.2, 0) is 6.54 Å². The lowest BCUT2D eigenvalue weighted by molar-refractivity contribution is 0.275. The fourth-order valence-electron chi connectivity index (χ4n) is 1.95. The van der Waals surface area contributed by atoms with Crippen molar-refractivity contribution in [3.05, 3.63) is 41.2 Å². The van der Waals surface area contributed by atoms with Gasteiger partial charge in [-0.25, -0.2) is 9.37 Å². The fraction of sp³-hybridized carbons (Fsp3) is 0.400. The van der Waals surface area contributed by atoms with Gasteiger partial charge in [0.2, 0.25) is 0 Å². The Morgan fingerprint density at radius 1 is 1.38 bits per heavy atom. The number of thiazole rings is 1. The minimum atomic E-state index is -0.238. The van der Waals surface area contributed by atoms with Gasteiger partial charge in [0.05, 0.1) is 12.3 Å². The average molecular weight is 326 g/mol. The van der Waals surface area contributed by atoms with Gasteiger partial charge >= 0.3 is 0 Å². The highest BCUT2D eigenvalue weighted by molar-refractivity contribution is 7.99. The number of nitrogens with one attached hydrogen (secondary N) is 1. The minimum Gasteiger partial charge on any atom is -0.395 e. The average Bonchev–Trinajstić information content (AvgIpc) is 2.96. The van der Waals surface area contributed by atoms with E-state index in [4.69, 9.17) is 0 Å². The molecule has 1 aromatic carbocycles. The predicted molar refractivity (Wildman–Crippen MR) is 88.2 cm³/mol. The van der Waals surface area contributed by atoms with Crippen LogP contribution < -0.4 is 5.32 Å². The molecule has 0 amide bonds. The molecular weight excluding hydrogens is 307 g/mol. The van der Waals surface area contributed by atoms with E-state index in [1.165, 1.54) is 12.1 Å². The minimum absolute atomic E-state index is 0.160. The van der Waals surface area contributed by atoms with Crippen LogP contribution in [0.25, 0.3) is 10.6 Å². The van der Waals surface area contributed by atoms with E-state index >= 15 is 0 Å². The first-order valence-corrected chi connectivity index (χ1v) is 8.88. The van der Waals surface area contributed by atoms with Crippen LogP contribution in [0, 0.1) is 5.82 Å². The van der Waals surface area contributed by atoms with Crippen LogP contribution in [0.1, 0.15) is 12.6 Å². The summed E-state index contributed by atoms with van der Waals surface area (Å²) in [6.07, 6.45) is 1.99. The third-order valence-corrected chi connectivity index (χ3v) is 5.39. The Bertz CT molecular complexity index is 555. The van der Waals surface area contributed by atoms with Gasteiger partial charge in [-0.15, -0.1) is 11.3 Å². The Morgan fingerprint density at radius 3 is 2.71 bits per heavy atom. The summed E-state index contributed by atoms with van der Waals surface area (Å²) in [6, 6.07) is 6.58. The summed E-state index contributed by atoms with van der Waals surface area (Å²) in [5.74, 6) is -0.238. The van der Waals surface area contributed by atoms with E-state index in [-0.39, 0.29) is 23.7 Å². The van der Waals surface area contributed by atoms with Crippen LogP contribution in [0.5, 0.6) is 0 Å². The van der Waals surface area contributed by atoms with Crippen LogP contribution in [0.3, 0.4) is 0 Å². The number of hydrogen-bond acceptors (Lipinski definition) is 5. The molecule has 0 aliphatic heterocycles. The van der Waals surface area contributed by atoms with Crippen molar-refractivity contribution in [1.82, 2.24) is 10.3 Å². The summed E-state index contributed by atoms with van der Waals surface area (Å²) < 4.78 is 12.9. The molecule has 6 heteroatoms. The molecule has 0 fully saturated rings. The molecule has 2 unspecified atom stereocenters. The molecule has 0 radical (unpaired) electrons. The lowest BCUT2D eigenvalue weighted by atomic mass is 10.2. The number of rotatable bonds is 7. The van der Waals surface area contributed by atoms with Crippen molar-refractivity contribution >= 4 is 23.1 Å². The Hall–Kier alpha value is -0.950. The van der Waals surface area contributed by atoms with Crippen molar-refractivity contribution in [2.24, 2.45) is 0 Å². The molecular formula is C15H19FN2OS2. The van der Waals surface area contributed by atoms with Gasteiger partial charge in [-0.05, 0) is 37.4 Å². The zero-order valence-corrected chi connectivity index (χ0v) is 13.7. The third-order valence-electron chi connectivity index (χ3n) is 3.29. The maximum Gasteiger partial charge on any atom is 0.123 e. The highest BCUT2D eigenvalue weighted by Crippen LogP contribution is 2.24. The SMILES string of the molecule is CSC(CO)C(C)NCc1csc(-c2ccc(F)cc2)n1. The molecule has 2 rings (SSSR count). The highest BCUT2D eigenvalue weighted by Gasteiger charge is 2.15. The van der Waals surface area contributed by atoms with Crippen molar-refractivity contribution in [2.75, 3.05) is 12.9 Å². The van der Waals surface area contributed by atoms with Crippen molar-refractivity contribution < 1.29 is 9.50 Å². The van der Waals surface area contributed by atoms with Crippen LogP contribution in [-0.4, -0.2) is 34.2 Å². The Balaban J connectivity index is 1.96. The topological polar surface area (TPSA) is 45.1 Å². The number of nitrogens with zero attached hydrogens (tertiary/aromatic N) is 1. The Kier molecular flexibility index (Phi) is 6.17. The van der Waals surface area contributed by atoms with Crippen molar-refractivity contribution in [1.29, 1.82) is 0 Å². The molecule has 2 atom stereocenters. The molecule has 0 aliphatic rings. The van der Waals surface area contributed by atoms with E-state index < -0.39 is 0 Å². The summed E-state index contributed by atoms with van der Waals surface area (Å²) in [5.41, 5.74) is 1.89. The van der Waals surface area contributed by atoms with Gasteiger partial charge < -0.3 is 10.4 Å². The molecule has 2 aromatic rings. The number of benzene rings is 1. The normalized spacial score (nSPS) is 14.1. The molecule has 21 heavy (non-hydrogen) atoms. The molecule has 0 saturated carbocycles. The van der Waals surface area contributed by atoms with Crippen LogP contribution in [0.2, 0.25) is 0 Å². The molecule has 0 bridgehead atoms. The number of aliphatic hydroxyl groups excluding tert-OH is 1. The van der Waals surface area contributed by atoms with Crippen molar-refractivity contribution in [2.45, 2.75) is 24.8 Å². The van der Waals surface area contributed by atoms with Crippen molar-refractivity contribution in [3.8, 4) is 10.6 Å². The van der Waals surface area contributed by atoms with E-state index in [0.717, 1.165) is 16.3 Å². The highest BCUT2D eigenvalue weighted by atomic mass is 32.2. The van der Waals surface area contributed by atoms with E-state index in [9.17, 15) is 9.50 Å². The second-order valence-corrected chi connectivity index (χ2v) is 6.71. The number of thioether (sulfide) groups is 1. The van der Waals surface area contributed by atoms with Gasteiger partial charge in [-0.2, -0.15) is 11.8 Å². The summed E-state index contributed by atoms with van der Waals surface area (Å²) >= 11 is 3.20. The molecule has 114 valence electrons. The summed E-state index contributed by atoms with van der Waals surface area (Å²) in [6.45, 7) is 2.88. The summed E-state index contributed by atoms with van der Waals surface area (Å²) in [7, 11) is 0. The van der Waals surface area contributed by atoms with Gasteiger partial charge in [-0.3, -0.25) is 0 Å². The van der Waals surface area contributed by atoms with E-state index in [2.05, 4.69) is 17.2 Å². The van der Waals surface area contributed by atoms with Crippen LogP contribution in [0.15, 0.2) is 29.6 Å². The fourth-order valence-corrected chi connectivity index (χ4v) is 3.43. The summed E-state index contributed by atoms with van der Waals surface area (Å²) in [4.78, 5) is 4.56. The van der Waals surface area contributed by atoms with Gasteiger partial charge in [0.15, 0.2) is 0 Å². The third kappa shape index (κ3) is 4.51. The largest absolute Gasteiger partial charge is 0.395 e. The number of aromatic nitrogens is 1. The number of halogens is 1. The molecule has 0 spiro atoms. The molecule has 1 aromatic heterocycles. The first kappa shape index (κ1) is 16.4. The molecule has 0 saturated heterocycles. The Morgan fingerprint density at radius 2 is 2.10 bits per heavy atom. The zero-order valence-electron chi connectivity index (χ0n) is 12.0. The lowest BCUT2D eigenvalue weighted by Crippen LogP contribution is -2.37. The van der Waals surface area contributed by atoms with E-state index in [0.29, 0.717) is 6.54 Å². The smallest absolute Gasteiger partial charge is 0.123 e. The molecule has 3 nitrogen and oxygen atoms in total. The zero-order chi connectivity index (χ0) is 15.2. The molecule has 0 aliphatic carbocycles. The maximum atomic E-state index is 12.9. The van der Waals surface area contributed by atoms with Gasteiger partial charge in [0.25, 0.3) is 0 Å². The van der Waals surface area contributed by atoms with Gasteiger partial charge in [0.1, 0.15) is 10.8 Å². The van der Waals surface area contributed by atoms with E-state index in [1.54, 1.807) is 35.2 Å². The van der Waals surface area contributed by atoms with Gasteiger partial charge in [-0.1, -0.05) is 0 Å². The van der Waals surface area contributed by atoms with Crippen molar-refractivity contribution in [3.63, 3.8) is 0 Å². The lowest BCUT2D eigenvalue weighted by Gasteiger charge is -2.20. The standard InChI is InChI=1S/C15H19FN2OS2/c1-10(14(8-19)20-2)17-7-13-9-21-15(18-13)11-3-5-12(16)6-4-11/h3-6,9-10,14,17,19H,7-8H2,1-2H3. The summed E-state index contributed by atoms with van der Waals surface area (Å²) in [5, 5.41) is 15.7. The van der Waals surface area contributed by atoms with Crippen LogP contribution >= 0.6 is 23.1 Å². The molecule has 1 heterocycles. The first-order chi connectivity index (χ1) is 10.1. The second kappa shape index (κ2) is 7.89. The monoisotopic (exact) mass is 326 g/mol. The number of hydrogen-bond donors (Lipinski definition) is 2. The quantitative estimate of drug-likeness (QED) is 0.820. The van der Waals surface area contributed by atoms with Crippen LogP contribution in [0.4, 0.5) is 4.39 Å².